The molecule has 0 amide bonds. The van der Waals surface area contributed by atoms with Crippen LogP contribution >= 0.6 is 0 Å². The van der Waals surface area contributed by atoms with Crippen LogP contribution in [0.3, 0.4) is 0 Å². The van der Waals surface area contributed by atoms with Crippen molar-refractivity contribution in [3.05, 3.63) is 108 Å². The monoisotopic (exact) mass is 588 g/mol. The van der Waals surface area contributed by atoms with E-state index in [1.54, 1.807) is 0 Å². The smallest absolute Gasteiger partial charge is 0.187 e. The van der Waals surface area contributed by atoms with Gasteiger partial charge in [0.2, 0.25) is 0 Å². The first-order valence-electron chi connectivity index (χ1n) is 15.3. The van der Waals surface area contributed by atoms with Gasteiger partial charge in [-0.1, -0.05) is 78.9 Å². The van der Waals surface area contributed by atoms with Crippen LogP contribution in [0, 0.1) is 0 Å². The Morgan fingerprint density at radius 1 is 0.721 bits per heavy atom. The summed E-state index contributed by atoms with van der Waals surface area (Å²) in [5, 5.41) is 12.7. The molecule has 8 heteroatoms. The number of aliphatic hydroxyl groups is 1. The Labute approximate surface area is 254 Å². The van der Waals surface area contributed by atoms with E-state index in [0.717, 1.165) is 35.9 Å². The molecule has 0 saturated carbocycles. The largest absolute Gasteiger partial charge is 0.387 e. The second-order valence-corrected chi connectivity index (χ2v) is 10.9. The Morgan fingerprint density at radius 2 is 1.40 bits per heavy atom. The number of ether oxygens (including phenoxy) is 5. The molecule has 1 aromatic heterocycles. The van der Waals surface area contributed by atoms with E-state index >= 15 is 0 Å². The number of hydrogen-bond donors (Lipinski definition) is 2. The molecule has 3 N–H and O–H groups in total. The number of nitrogens with two attached hydrogens (primary N) is 1. The summed E-state index contributed by atoms with van der Waals surface area (Å²) >= 11 is 0. The van der Waals surface area contributed by atoms with Gasteiger partial charge < -0.3 is 39.1 Å². The van der Waals surface area contributed by atoms with Crippen molar-refractivity contribution in [2.45, 2.75) is 69.7 Å². The molecule has 4 aromatic rings. The van der Waals surface area contributed by atoms with Crippen molar-refractivity contribution >= 4 is 10.9 Å². The number of unbranched alkanes of at least 4 members (excludes halogenated alkanes) is 2. The standard InChI is InChI=1S/C35H44N2O6/c36-19-10-3-11-22-39-26-31-32(38)33(41-24-27-12-4-1-5-13-27)34(42-25-28-14-6-2-7-15-28)35(43-31)40-23-21-37-20-18-29-16-8-9-17-30(29)37/h1-2,4-9,12-18,20,31-35,38H,3,10-11,19,21-26,36H2/t31-,32-,33+,34-,35-/m1/s1. The molecule has 1 fully saturated rings. The molecular formula is C35H44N2O6. The van der Waals surface area contributed by atoms with Crippen LogP contribution in [-0.2, 0) is 43.4 Å². The molecule has 8 nitrogen and oxygen atoms in total. The van der Waals surface area contributed by atoms with E-state index in [0.29, 0.717) is 39.5 Å². The molecule has 0 radical (unpaired) electrons. The zero-order valence-electron chi connectivity index (χ0n) is 24.7. The van der Waals surface area contributed by atoms with Crippen molar-refractivity contribution in [2.24, 2.45) is 5.73 Å². The van der Waals surface area contributed by atoms with E-state index in [-0.39, 0.29) is 6.61 Å². The summed E-state index contributed by atoms with van der Waals surface area (Å²) in [7, 11) is 0. The van der Waals surface area contributed by atoms with E-state index < -0.39 is 30.7 Å². The fourth-order valence-corrected chi connectivity index (χ4v) is 5.39. The number of hydrogen-bond acceptors (Lipinski definition) is 7. The molecule has 0 aliphatic carbocycles. The lowest BCUT2D eigenvalue weighted by Gasteiger charge is -2.44. The molecule has 2 heterocycles. The average Bonchev–Trinajstić information content (AvgIpc) is 3.46. The van der Waals surface area contributed by atoms with Crippen molar-refractivity contribution in [2.75, 3.05) is 26.4 Å². The highest BCUT2D eigenvalue weighted by Crippen LogP contribution is 2.29. The SMILES string of the molecule is NCCCCCOC[C@H]1O[C@@H](OCCn2ccc3ccccc32)[C@H](OCc2ccccc2)[C@@H](OCc2ccccc2)[C@@H]1O. The molecule has 0 spiro atoms. The minimum Gasteiger partial charge on any atom is -0.387 e. The number of nitrogens with zero attached hydrogens (tertiary/aromatic N) is 1. The lowest BCUT2D eigenvalue weighted by Crippen LogP contribution is -2.61. The van der Waals surface area contributed by atoms with Gasteiger partial charge in [-0.25, -0.2) is 0 Å². The third-order valence-electron chi connectivity index (χ3n) is 7.76. The first-order valence-corrected chi connectivity index (χ1v) is 15.3. The van der Waals surface area contributed by atoms with Crippen molar-refractivity contribution in [3.63, 3.8) is 0 Å². The van der Waals surface area contributed by atoms with Gasteiger partial charge in [-0.15, -0.1) is 0 Å². The molecule has 0 bridgehead atoms. The van der Waals surface area contributed by atoms with Gasteiger partial charge in [-0.2, -0.15) is 0 Å². The fraction of sp³-hybridized carbons (Fsp3) is 0.429. The van der Waals surface area contributed by atoms with Gasteiger partial charge in [0.25, 0.3) is 0 Å². The number of benzene rings is 3. The van der Waals surface area contributed by atoms with Crippen LogP contribution in [0.4, 0.5) is 0 Å². The summed E-state index contributed by atoms with van der Waals surface area (Å²) in [6.45, 7) is 3.15. The predicted molar refractivity (Wildman–Crippen MR) is 166 cm³/mol. The van der Waals surface area contributed by atoms with Gasteiger partial charge in [0.15, 0.2) is 6.29 Å². The third kappa shape index (κ3) is 8.97. The Bertz CT molecular complexity index is 1330. The Hall–Kier alpha value is -3.08. The van der Waals surface area contributed by atoms with Crippen molar-refractivity contribution < 1.29 is 28.8 Å². The Balaban J connectivity index is 1.31. The van der Waals surface area contributed by atoms with Gasteiger partial charge >= 0.3 is 0 Å². The Kier molecular flexibility index (Phi) is 12.2. The quantitative estimate of drug-likeness (QED) is 0.167. The summed E-state index contributed by atoms with van der Waals surface area (Å²) < 4.78 is 33.7. The second kappa shape index (κ2) is 16.7. The molecule has 3 aromatic carbocycles. The van der Waals surface area contributed by atoms with Crippen molar-refractivity contribution in [1.82, 2.24) is 4.57 Å². The fourth-order valence-electron chi connectivity index (χ4n) is 5.39. The van der Waals surface area contributed by atoms with Crippen LogP contribution in [0.25, 0.3) is 10.9 Å². The van der Waals surface area contributed by atoms with Gasteiger partial charge in [0, 0.05) is 24.9 Å². The summed E-state index contributed by atoms with van der Waals surface area (Å²) in [5.74, 6) is 0. The number of para-hydroxylation sites is 1. The van der Waals surface area contributed by atoms with Crippen LogP contribution in [0.5, 0.6) is 0 Å². The normalized spacial score (nSPS) is 22.2. The van der Waals surface area contributed by atoms with Gasteiger partial charge in [0.05, 0.1) is 26.4 Å². The van der Waals surface area contributed by atoms with Crippen LogP contribution in [-0.4, -0.2) is 66.7 Å². The summed E-state index contributed by atoms with van der Waals surface area (Å²) in [6.07, 6.45) is 1.21. The maximum absolute atomic E-state index is 11.5. The van der Waals surface area contributed by atoms with E-state index in [1.807, 2.05) is 72.8 Å². The lowest BCUT2D eigenvalue weighted by molar-refractivity contribution is -0.321. The number of aliphatic hydroxyl groups excluding tert-OH is 1. The zero-order chi connectivity index (χ0) is 29.7. The van der Waals surface area contributed by atoms with E-state index in [9.17, 15) is 5.11 Å². The van der Waals surface area contributed by atoms with Crippen LogP contribution in [0.15, 0.2) is 97.2 Å². The zero-order valence-corrected chi connectivity index (χ0v) is 24.7. The molecule has 43 heavy (non-hydrogen) atoms. The van der Waals surface area contributed by atoms with Crippen molar-refractivity contribution in [1.29, 1.82) is 0 Å². The number of aromatic nitrogens is 1. The highest BCUT2D eigenvalue weighted by Gasteiger charge is 2.47. The minimum atomic E-state index is -0.971. The van der Waals surface area contributed by atoms with Gasteiger partial charge in [-0.3, -0.25) is 0 Å². The minimum absolute atomic E-state index is 0.225. The van der Waals surface area contributed by atoms with Crippen LogP contribution in [0.1, 0.15) is 30.4 Å². The first-order chi connectivity index (χ1) is 21.2. The molecule has 1 saturated heterocycles. The molecule has 1 aliphatic rings. The molecule has 5 rings (SSSR count). The maximum atomic E-state index is 11.5. The molecular weight excluding hydrogens is 544 g/mol. The summed E-state index contributed by atoms with van der Waals surface area (Å²) in [6, 6.07) is 30.2. The highest BCUT2D eigenvalue weighted by molar-refractivity contribution is 5.79. The van der Waals surface area contributed by atoms with Crippen LogP contribution < -0.4 is 5.73 Å². The highest BCUT2D eigenvalue weighted by atomic mass is 16.7. The topological polar surface area (TPSA) is 97.3 Å². The average molecular weight is 589 g/mol. The summed E-state index contributed by atoms with van der Waals surface area (Å²) in [5.41, 5.74) is 8.78. The van der Waals surface area contributed by atoms with E-state index in [2.05, 4.69) is 29.0 Å². The van der Waals surface area contributed by atoms with Crippen LogP contribution in [0.2, 0.25) is 0 Å². The maximum Gasteiger partial charge on any atom is 0.187 e. The lowest BCUT2D eigenvalue weighted by atomic mass is 9.98. The number of rotatable bonds is 17. The summed E-state index contributed by atoms with van der Waals surface area (Å²) in [4.78, 5) is 0. The Morgan fingerprint density at radius 3 is 2.12 bits per heavy atom. The van der Waals surface area contributed by atoms with Crippen molar-refractivity contribution in [3.8, 4) is 0 Å². The number of fused-ring (bicyclic) bond motifs is 1. The van der Waals surface area contributed by atoms with E-state index in [4.69, 9.17) is 29.4 Å². The predicted octanol–water partition coefficient (Wildman–Crippen LogP) is 5.06. The molecule has 5 atom stereocenters. The van der Waals surface area contributed by atoms with Gasteiger partial charge in [0.1, 0.15) is 24.4 Å². The molecule has 230 valence electrons. The molecule has 1 aliphatic heterocycles. The molecule has 0 unspecified atom stereocenters. The second-order valence-electron chi connectivity index (χ2n) is 10.9. The van der Waals surface area contributed by atoms with E-state index in [1.165, 1.54) is 5.39 Å². The third-order valence-corrected chi connectivity index (χ3v) is 7.76. The first kappa shape index (κ1) is 31.3. The van der Waals surface area contributed by atoms with Gasteiger partial charge in [-0.05, 0) is 54.5 Å².